The van der Waals surface area contributed by atoms with Gasteiger partial charge < -0.3 is 0 Å². The van der Waals surface area contributed by atoms with E-state index in [4.69, 9.17) is 0 Å². The summed E-state index contributed by atoms with van der Waals surface area (Å²) in [4.78, 5) is 38.6. The molecule has 0 saturated carbocycles. The number of hydrogen-bond acceptors (Lipinski definition) is 7. The highest BCUT2D eigenvalue weighted by Crippen LogP contribution is 2.31. The molecule has 0 aliphatic carbocycles. The van der Waals surface area contributed by atoms with Crippen molar-refractivity contribution in [1.29, 1.82) is 0 Å². The number of benzene rings is 3. The Balaban J connectivity index is 1.62. The van der Waals surface area contributed by atoms with Gasteiger partial charge in [-0.3, -0.25) is 14.4 Å². The van der Waals surface area contributed by atoms with Gasteiger partial charge in [0.15, 0.2) is 0 Å². The molecule has 0 atom stereocenters. The Morgan fingerprint density at radius 2 is 1.20 bits per heavy atom. The monoisotopic (exact) mass is 489 g/mol. The predicted molar refractivity (Wildman–Crippen MR) is 128 cm³/mol. The minimum absolute atomic E-state index is 0.140. The van der Waals surface area contributed by atoms with E-state index in [9.17, 15) is 22.8 Å². The van der Waals surface area contributed by atoms with Gasteiger partial charge in [-0.1, -0.05) is 72.8 Å². The van der Waals surface area contributed by atoms with Crippen molar-refractivity contribution in [3.63, 3.8) is 0 Å². The topological polar surface area (TPSA) is 137 Å². The molecular formula is C24H19N5O5S. The van der Waals surface area contributed by atoms with Gasteiger partial charge in [-0.15, -0.1) is 0 Å². The molecule has 0 spiro atoms. The minimum atomic E-state index is -4.48. The van der Waals surface area contributed by atoms with Crippen molar-refractivity contribution in [2.45, 2.75) is 10.9 Å². The van der Waals surface area contributed by atoms with Crippen LogP contribution < -0.4 is 10.9 Å². The van der Waals surface area contributed by atoms with Gasteiger partial charge in [0.25, 0.3) is 27.7 Å². The van der Waals surface area contributed by atoms with Crippen molar-refractivity contribution in [2.75, 3.05) is 0 Å². The Morgan fingerprint density at radius 1 is 0.743 bits per heavy atom. The van der Waals surface area contributed by atoms with Crippen molar-refractivity contribution in [1.82, 2.24) is 15.2 Å². The molecular weight excluding hydrogens is 470 g/mol. The summed E-state index contributed by atoms with van der Waals surface area (Å²) in [5.41, 5.74) is 5.45. The Hall–Kier alpha value is -4.64. The molecule has 10 nitrogen and oxygen atoms in total. The first-order chi connectivity index (χ1) is 16.9. The van der Waals surface area contributed by atoms with Crippen molar-refractivity contribution in [3.8, 4) is 0 Å². The second-order valence-corrected chi connectivity index (χ2v) is 9.08. The second-order valence-electron chi connectivity index (χ2n) is 7.29. The first-order valence-corrected chi connectivity index (χ1v) is 11.8. The fourth-order valence-electron chi connectivity index (χ4n) is 3.33. The molecule has 3 aromatic carbocycles. The Labute approximate surface area is 201 Å². The van der Waals surface area contributed by atoms with Crippen LogP contribution in [0.2, 0.25) is 0 Å². The Kier molecular flexibility index (Phi) is 6.78. The predicted octanol–water partition coefficient (Wildman–Crippen LogP) is 1.50. The summed E-state index contributed by atoms with van der Waals surface area (Å²) in [6.45, 7) is 0. The molecule has 3 amide bonds. The van der Waals surface area contributed by atoms with E-state index in [2.05, 4.69) is 21.1 Å². The molecule has 4 rings (SSSR count). The maximum Gasteiger partial charge on any atom is 0.273 e. The lowest BCUT2D eigenvalue weighted by molar-refractivity contribution is -0.134. The van der Waals surface area contributed by atoms with Gasteiger partial charge in [0.2, 0.25) is 6.04 Å². The molecule has 0 bridgehead atoms. The van der Waals surface area contributed by atoms with Crippen LogP contribution in [0.25, 0.3) is 0 Å². The summed E-state index contributed by atoms with van der Waals surface area (Å²) in [6.07, 6.45) is 2.63. The summed E-state index contributed by atoms with van der Waals surface area (Å²) in [5.74, 6) is -3.27. The number of fused-ring (bicyclic) bond motifs is 1. The number of rotatable bonds is 7. The maximum absolute atomic E-state index is 13.1. The van der Waals surface area contributed by atoms with Crippen molar-refractivity contribution in [3.05, 3.63) is 102 Å². The number of carbonyl (C=O) groups excluding carboxylic acids is 3. The lowest BCUT2D eigenvalue weighted by Gasteiger charge is -2.23. The van der Waals surface area contributed by atoms with Crippen LogP contribution in [0.4, 0.5) is 0 Å². The van der Waals surface area contributed by atoms with Gasteiger partial charge in [0.05, 0.1) is 18.0 Å². The molecule has 0 saturated heterocycles. The largest absolute Gasteiger partial charge is 0.273 e. The van der Waals surface area contributed by atoms with Crippen LogP contribution in [0, 0.1) is 0 Å². The Morgan fingerprint density at radius 3 is 1.69 bits per heavy atom. The number of carbonyl (C=O) groups is 3. The smallest absolute Gasteiger partial charge is 0.270 e. The number of amides is 3. The Bertz CT molecular complexity index is 1360. The number of hydrazone groups is 2. The SMILES string of the molecule is O=C(N/N=C/c1ccccc1)C(C(=O)N/N=C/c1ccccc1)N1C(=O)c2ccccc2S1(=O)=O. The molecule has 3 aromatic rings. The van der Waals surface area contributed by atoms with E-state index in [1.165, 1.54) is 36.7 Å². The summed E-state index contributed by atoms with van der Waals surface area (Å²) in [5, 5.41) is 7.58. The molecule has 0 unspecified atom stereocenters. The molecule has 2 N–H and O–H groups in total. The van der Waals surface area contributed by atoms with Gasteiger partial charge >= 0.3 is 0 Å². The van der Waals surface area contributed by atoms with Gasteiger partial charge in [-0.2, -0.15) is 10.2 Å². The molecule has 0 aromatic heterocycles. The molecule has 1 aliphatic rings. The summed E-state index contributed by atoms with van der Waals surface area (Å²) >= 11 is 0. The van der Waals surface area contributed by atoms with Gasteiger partial charge in [-0.05, 0) is 23.3 Å². The van der Waals surface area contributed by atoms with Crippen LogP contribution in [-0.2, 0) is 19.6 Å². The molecule has 11 heteroatoms. The molecule has 35 heavy (non-hydrogen) atoms. The molecule has 0 radical (unpaired) electrons. The van der Waals surface area contributed by atoms with Crippen LogP contribution in [-0.4, -0.2) is 48.9 Å². The van der Waals surface area contributed by atoms with E-state index >= 15 is 0 Å². The summed E-state index contributed by atoms with van der Waals surface area (Å²) in [6, 6.07) is 20.9. The number of hydrogen-bond donors (Lipinski definition) is 2. The van der Waals surface area contributed by atoms with E-state index < -0.39 is 33.8 Å². The van der Waals surface area contributed by atoms with Crippen molar-refractivity contribution in [2.24, 2.45) is 10.2 Å². The average Bonchev–Trinajstić information content (AvgIpc) is 3.06. The summed E-state index contributed by atoms with van der Waals surface area (Å²) in [7, 11) is -4.48. The lowest BCUT2D eigenvalue weighted by atomic mass is 10.2. The zero-order valence-electron chi connectivity index (χ0n) is 18.1. The van der Waals surface area contributed by atoms with Crippen LogP contribution in [0.5, 0.6) is 0 Å². The highest BCUT2D eigenvalue weighted by atomic mass is 32.2. The normalized spacial score (nSPS) is 14.4. The van der Waals surface area contributed by atoms with E-state index in [0.717, 1.165) is 0 Å². The van der Waals surface area contributed by atoms with Gasteiger partial charge in [0.1, 0.15) is 4.90 Å². The minimum Gasteiger partial charge on any atom is -0.270 e. The van der Waals surface area contributed by atoms with Crippen LogP contribution in [0.3, 0.4) is 0 Å². The highest BCUT2D eigenvalue weighted by molar-refractivity contribution is 7.90. The van der Waals surface area contributed by atoms with Crippen LogP contribution >= 0.6 is 0 Å². The zero-order chi connectivity index (χ0) is 24.8. The van der Waals surface area contributed by atoms with Crippen molar-refractivity contribution < 1.29 is 22.8 Å². The first-order valence-electron chi connectivity index (χ1n) is 10.3. The third kappa shape index (κ3) is 4.99. The number of sulfonamides is 1. The average molecular weight is 490 g/mol. The third-order valence-corrected chi connectivity index (χ3v) is 6.77. The lowest BCUT2D eigenvalue weighted by Crippen LogP contribution is -2.55. The number of nitrogens with zero attached hydrogens (tertiary/aromatic N) is 3. The molecule has 1 aliphatic heterocycles. The van der Waals surface area contributed by atoms with Crippen molar-refractivity contribution >= 4 is 40.2 Å². The van der Waals surface area contributed by atoms with Gasteiger partial charge in [-0.25, -0.2) is 23.6 Å². The molecule has 0 fully saturated rings. The van der Waals surface area contributed by atoms with Gasteiger partial charge in [0, 0.05) is 0 Å². The first kappa shape index (κ1) is 23.5. The molecule has 1 heterocycles. The quantitative estimate of drug-likeness (QED) is 0.294. The summed E-state index contributed by atoms with van der Waals surface area (Å²) < 4.78 is 26.5. The fourth-order valence-corrected chi connectivity index (χ4v) is 5.01. The van der Waals surface area contributed by atoms with Crippen LogP contribution in [0.1, 0.15) is 21.5 Å². The van der Waals surface area contributed by atoms with E-state index in [0.29, 0.717) is 11.1 Å². The maximum atomic E-state index is 13.1. The van der Waals surface area contributed by atoms with Crippen LogP contribution in [0.15, 0.2) is 100 Å². The van der Waals surface area contributed by atoms with E-state index in [-0.39, 0.29) is 14.8 Å². The number of nitrogens with one attached hydrogen (secondary N) is 2. The third-order valence-electron chi connectivity index (χ3n) is 4.96. The van der Waals surface area contributed by atoms with E-state index in [1.54, 1.807) is 60.7 Å². The second kappa shape index (κ2) is 10.1. The fraction of sp³-hybridized carbons (Fsp3) is 0.0417. The highest BCUT2D eigenvalue weighted by Gasteiger charge is 2.50. The standard InChI is InChI=1S/C24H19N5O5S/c30-22(27-25-15-17-9-3-1-4-10-17)21(23(31)28-26-16-18-11-5-2-6-12-18)29-24(32)19-13-7-8-14-20(19)35(29,33)34/h1-16,21H,(H,27,30)(H,28,31)/b25-15+,26-16+. The molecule has 176 valence electrons. The van der Waals surface area contributed by atoms with E-state index in [1.807, 2.05) is 0 Å². The zero-order valence-corrected chi connectivity index (χ0v) is 18.9.